The zero-order chi connectivity index (χ0) is 9.80. The number of nitrogens with one attached hydrogen (secondary N) is 1. The van der Waals surface area contributed by atoms with Crippen LogP contribution in [0.5, 0.6) is 0 Å². The molecule has 1 aliphatic rings. The molecule has 1 aromatic heterocycles. The number of hydrogen-bond donors (Lipinski definition) is 1. The first-order valence-corrected chi connectivity index (χ1v) is 5.11. The summed E-state index contributed by atoms with van der Waals surface area (Å²) in [7, 11) is 0. The molecule has 0 spiro atoms. The molecular formula is C10H17ClN4. The molecule has 2 heterocycles. The Morgan fingerprint density at radius 3 is 3.00 bits per heavy atom. The lowest BCUT2D eigenvalue weighted by molar-refractivity contribution is 0.724. The van der Waals surface area contributed by atoms with Crippen LogP contribution in [0.1, 0.15) is 12.1 Å². The van der Waals surface area contributed by atoms with E-state index in [0.29, 0.717) is 0 Å². The Kier molecular flexibility index (Phi) is 4.78. The van der Waals surface area contributed by atoms with Crippen molar-refractivity contribution in [2.75, 3.05) is 31.1 Å². The van der Waals surface area contributed by atoms with E-state index in [2.05, 4.69) is 20.2 Å². The van der Waals surface area contributed by atoms with Gasteiger partial charge in [-0.2, -0.15) is 0 Å². The molecule has 0 unspecified atom stereocenters. The third-order valence-electron chi connectivity index (χ3n) is 2.41. The van der Waals surface area contributed by atoms with E-state index in [1.165, 1.54) is 0 Å². The molecule has 5 heteroatoms. The molecule has 0 radical (unpaired) electrons. The van der Waals surface area contributed by atoms with Gasteiger partial charge in [0.25, 0.3) is 0 Å². The Morgan fingerprint density at radius 2 is 2.20 bits per heavy atom. The molecule has 4 nitrogen and oxygen atoms in total. The molecule has 0 atom stereocenters. The molecule has 2 rings (SSSR count). The molecule has 0 aliphatic carbocycles. The minimum atomic E-state index is 0. The van der Waals surface area contributed by atoms with Gasteiger partial charge < -0.3 is 10.2 Å². The average molecular weight is 229 g/mol. The monoisotopic (exact) mass is 228 g/mol. The smallest absolute Gasteiger partial charge is 0.225 e. The van der Waals surface area contributed by atoms with Crippen LogP contribution in [-0.2, 0) is 0 Å². The van der Waals surface area contributed by atoms with Gasteiger partial charge in [-0.05, 0) is 26.0 Å². The standard InChI is InChI=1S/C10H16N4.ClH/c1-9-3-5-12-10(13-9)14-7-2-4-11-6-8-14;/h3,5,11H,2,4,6-8H2,1H3;1H. The molecular weight excluding hydrogens is 212 g/mol. The van der Waals surface area contributed by atoms with E-state index in [4.69, 9.17) is 0 Å². The minimum Gasteiger partial charge on any atom is -0.339 e. The molecule has 0 bridgehead atoms. The SMILES string of the molecule is Cc1ccnc(N2CCCNCC2)n1.Cl. The van der Waals surface area contributed by atoms with Gasteiger partial charge in [0, 0.05) is 31.5 Å². The lowest BCUT2D eigenvalue weighted by Gasteiger charge is -2.19. The van der Waals surface area contributed by atoms with Gasteiger partial charge in [-0.3, -0.25) is 0 Å². The van der Waals surface area contributed by atoms with Gasteiger partial charge in [0.2, 0.25) is 5.95 Å². The van der Waals surface area contributed by atoms with Crippen LogP contribution in [-0.4, -0.2) is 36.1 Å². The van der Waals surface area contributed by atoms with Crippen LogP contribution in [0.3, 0.4) is 0 Å². The van der Waals surface area contributed by atoms with Gasteiger partial charge in [0.05, 0.1) is 0 Å². The maximum absolute atomic E-state index is 4.43. The van der Waals surface area contributed by atoms with Crippen LogP contribution in [0, 0.1) is 6.92 Å². The van der Waals surface area contributed by atoms with Crippen LogP contribution in [0.15, 0.2) is 12.3 Å². The third-order valence-corrected chi connectivity index (χ3v) is 2.41. The number of rotatable bonds is 1. The van der Waals surface area contributed by atoms with Crippen LogP contribution in [0.4, 0.5) is 5.95 Å². The van der Waals surface area contributed by atoms with Gasteiger partial charge >= 0.3 is 0 Å². The highest BCUT2D eigenvalue weighted by Gasteiger charge is 2.11. The van der Waals surface area contributed by atoms with Crippen molar-refractivity contribution in [1.82, 2.24) is 15.3 Å². The van der Waals surface area contributed by atoms with Crippen molar-refractivity contribution in [1.29, 1.82) is 0 Å². The van der Waals surface area contributed by atoms with E-state index >= 15 is 0 Å². The average Bonchev–Trinajstić information content (AvgIpc) is 2.45. The van der Waals surface area contributed by atoms with Crippen molar-refractivity contribution in [3.8, 4) is 0 Å². The Bertz CT molecular complexity index is 297. The van der Waals surface area contributed by atoms with Crippen molar-refractivity contribution in [2.24, 2.45) is 0 Å². The van der Waals surface area contributed by atoms with Crippen molar-refractivity contribution >= 4 is 18.4 Å². The number of aryl methyl sites for hydroxylation is 1. The first-order valence-electron chi connectivity index (χ1n) is 5.11. The third kappa shape index (κ3) is 3.32. The zero-order valence-electron chi connectivity index (χ0n) is 8.94. The second-order valence-corrected chi connectivity index (χ2v) is 3.59. The number of nitrogens with zero attached hydrogens (tertiary/aromatic N) is 3. The summed E-state index contributed by atoms with van der Waals surface area (Å²) in [5.41, 5.74) is 1.03. The van der Waals surface area contributed by atoms with E-state index in [-0.39, 0.29) is 12.4 Å². The largest absolute Gasteiger partial charge is 0.339 e. The van der Waals surface area contributed by atoms with Crippen LogP contribution in [0.25, 0.3) is 0 Å². The van der Waals surface area contributed by atoms with Crippen molar-refractivity contribution < 1.29 is 0 Å². The number of hydrogen-bond acceptors (Lipinski definition) is 4. The summed E-state index contributed by atoms with van der Waals surface area (Å²) in [5, 5.41) is 3.36. The first kappa shape index (κ1) is 12.2. The summed E-state index contributed by atoms with van der Waals surface area (Å²) in [4.78, 5) is 11.0. The van der Waals surface area contributed by atoms with Gasteiger partial charge in [0.1, 0.15) is 0 Å². The lowest BCUT2D eigenvalue weighted by Crippen LogP contribution is -2.29. The zero-order valence-corrected chi connectivity index (χ0v) is 9.76. The van der Waals surface area contributed by atoms with Gasteiger partial charge in [0.15, 0.2) is 0 Å². The second-order valence-electron chi connectivity index (χ2n) is 3.59. The Morgan fingerprint density at radius 1 is 1.33 bits per heavy atom. The highest BCUT2D eigenvalue weighted by Crippen LogP contribution is 2.08. The minimum absolute atomic E-state index is 0. The summed E-state index contributed by atoms with van der Waals surface area (Å²) in [6.07, 6.45) is 2.99. The van der Waals surface area contributed by atoms with Crippen molar-refractivity contribution in [3.63, 3.8) is 0 Å². The maximum atomic E-state index is 4.43. The molecule has 1 aromatic rings. The molecule has 0 amide bonds. The maximum Gasteiger partial charge on any atom is 0.225 e. The van der Waals surface area contributed by atoms with Gasteiger partial charge in [-0.1, -0.05) is 0 Å². The fourth-order valence-corrected chi connectivity index (χ4v) is 1.63. The van der Waals surface area contributed by atoms with Gasteiger partial charge in [-0.25, -0.2) is 9.97 Å². The number of anilines is 1. The molecule has 1 fully saturated rings. The van der Waals surface area contributed by atoms with Crippen LogP contribution >= 0.6 is 12.4 Å². The van der Waals surface area contributed by atoms with E-state index < -0.39 is 0 Å². The summed E-state index contributed by atoms with van der Waals surface area (Å²) in [6, 6.07) is 1.93. The molecule has 1 aliphatic heterocycles. The number of halogens is 1. The summed E-state index contributed by atoms with van der Waals surface area (Å²) in [5.74, 6) is 0.869. The summed E-state index contributed by atoms with van der Waals surface area (Å²) >= 11 is 0. The Labute approximate surface area is 96.5 Å². The Hall–Kier alpha value is -0.870. The fourth-order valence-electron chi connectivity index (χ4n) is 1.63. The van der Waals surface area contributed by atoms with Crippen molar-refractivity contribution in [2.45, 2.75) is 13.3 Å². The van der Waals surface area contributed by atoms with Crippen LogP contribution < -0.4 is 10.2 Å². The summed E-state index contributed by atoms with van der Waals surface area (Å²) in [6.45, 7) is 6.18. The molecule has 84 valence electrons. The van der Waals surface area contributed by atoms with E-state index in [1.54, 1.807) is 0 Å². The highest BCUT2D eigenvalue weighted by molar-refractivity contribution is 5.85. The highest BCUT2D eigenvalue weighted by atomic mass is 35.5. The predicted octanol–water partition coefficient (Wildman–Crippen LogP) is 1.01. The number of aromatic nitrogens is 2. The van der Waals surface area contributed by atoms with Crippen LogP contribution in [0.2, 0.25) is 0 Å². The van der Waals surface area contributed by atoms with Crippen molar-refractivity contribution in [3.05, 3.63) is 18.0 Å². The summed E-state index contributed by atoms with van der Waals surface area (Å²) < 4.78 is 0. The van der Waals surface area contributed by atoms with E-state index in [9.17, 15) is 0 Å². The molecule has 15 heavy (non-hydrogen) atoms. The Balaban J connectivity index is 0.00000112. The lowest BCUT2D eigenvalue weighted by atomic mass is 10.4. The molecule has 0 saturated carbocycles. The van der Waals surface area contributed by atoms with Gasteiger partial charge in [-0.15, -0.1) is 12.4 Å². The molecule has 1 N–H and O–H groups in total. The second kappa shape index (κ2) is 5.88. The molecule has 1 saturated heterocycles. The predicted molar refractivity (Wildman–Crippen MR) is 63.7 cm³/mol. The topological polar surface area (TPSA) is 41.1 Å². The quantitative estimate of drug-likeness (QED) is 0.779. The van der Waals surface area contributed by atoms with E-state index in [0.717, 1.165) is 44.2 Å². The fraction of sp³-hybridized carbons (Fsp3) is 0.600. The first-order chi connectivity index (χ1) is 6.86. The molecule has 0 aromatic carbocycles. The normalized spacial score (nSPS) is 16.7. The van der Waals surface area contributed by atoms with E-state index in [1.807, 2.05) is 19.2 Å².